The van der Waals surface area contributed by atoms with Crippen LogP contribution in [0.4, 0.5) is 13.2 Å². The second kappa shape index (κ2) is 6.00. The number of nitrogens with zero attached hydrogens (tertiary/aromatic N) is 2. The van der Waals surface area contributed by atoms with E-state index in [4.69, 9.17) is 0 Å². The Balaban J connectivity index is 2.02. The number of hydrogen-bond acceptors (Lipinski definition) is 4. The summed E-state index contributed by atoms with van der Waals surface area (Å²) in [5.41, 5.74) is -0.571. The standard InChI is InChI=1S/C14H12F3N3O2/c1-18-8-11(14(15,16)17)19-6-7-20-12(21)9-4-2-3-5-10(9)13(20)22/h2-5,8,19H,1,6-7H2/b11-8-. The molecule has 0 bridgehead atoms. The van der Waals surface area contributed by atoms with Gasteiger partial charge in [-0.1, -0.05) is 12.1 Å². The molecule has 8 heteroatoms. The van der Waals surface area contributed by atoms with Crippen LogP contribution in [-0.4, -0.2) is 42.7 Å². The number of amides is 2. The molecule has 0 unspecified atom stereocenters. The van der Waals surface area contributed by atoms with Crippen LogP contribution in [-0.2, 0) is 0 Å². The van der Waals surface area contributed by atoms with Gasteiger partial charge in [0.2, 0.25) is 0 Å². The second-order valence-electron chi connectivity index (χ2n) is 4.46. The molecule has 0 fully saturated rings. The number of carbonyl (C=O) groups excluding carboxylic acids is 2. The number of alkyl halides is 3. The lowest BCUT2D eigenvalue weighted by atomic mass is 10.1. The number of carbonyl (C=O) groups is 2. The molecule has 0 aromatic heterocycles. The third-order valence-electron chi connectivity index (χ3n) is 3.05. The van der Waals surface area contributed by atoms with E-state index in [1.807, 2.05) is 0 Å². The predicted molar refractivity (Wildman–Crippen MR) is 73.5 cm³/mol. The molecule has 0 saturated heterocycles. The molecule has 5 nitrogen and oxygen atoms in total. The summed E-state index contributed by atoms with van der Waals surface area (Å²) in [4.78, 5) is 28.0. The molecule has 22 heavy (non-hydrogen) atoms. The lowest BCUT2D eigenvalue weighted by Gasteiger charge is -2.17. The van der Waals surface area contributed by atoms with Gasteiger partial charge in [0.1, 0.15) is 5.70 Å². The van der Waals surface area contributed by atoms with Gasteiger partial charge in [0.25, 0.3) is 11.8 Å². The van der Waals surface area contributed by atoms with Crippen molar-refractivity contribution in [1.82, 2.24) is 10.2 Å². The SMILES string of the molecule is C=N/C=C(\NCCN1C(=O)c2ccccc2C1=O)C(F)(F)F. The smallest absolute Gasteiger partial charge is 0.378 e. The first-order valence-corrected chi connectivity index (χ1v) is 6.28. The zero-order valence-electron chi connectivity index (χ0n) is 11.4. The highest BCUT2D eigenvalue weighted by atomic mass is 19.4. The lowest BCUT2D eigenvalue weighted by Crippen LogP contribution is -2.38. The average Bonchev–Trinajstić information content (AvgIpc) is 2.70. The van der Waals surface area contributed by atoms with E-state index in [0.717, 1.165) is 4.90 Å². The van der Waals surface area contributed by atoms with Crippen LogP contribution in [0.5, 0.6) is 0 Å². The Kier molecular flexibility index (Phi) is 4.30. The Morgan fingerprint density at radius 1 is 1.23 bits per heavy atom. The molecule has 2 rings (SSSR count). The molecule has 1 heterocycles. The Bertz CT molecular complexity index is 618. The van der Waals surface area contributed by atoms with Crippen molar-refractivity contribution in [2.45, 2.75) is 6.18 Å². The Labute approximate surface area is 124 Å². The normalized spacial score (nSPS) is 15.0. The van der Waals surface area contributed by atoms with E-state index in [1.165, 1.54) is 12.1 Å². The van der Waals surface area contributed by atoms with E-state index in [0.29, 0.717) is 6.20 Å². The van der Waals surface area contributed by atoms with Gasteiger partial charge >= 0.3 is 6.18 Å². The fraction of sp³-hybridized carbons (Fsp3) is 0.214. The van der Waals surface area contributed by atoms with E-state index in [-0.39, 0.29) is 24.2 Å². The highest BCUT2D eigenvalue weighted by Gasteiger charge is 2.36. The average molecular weight is 311 g/mol. The minimum atomic E-state index is -4.61. The molecule has 0 saturated carbocycles. The summed E-state index contributed by atoms with van der Waals surface area (Å²) in [6.45, 7) is 2.54. The van der Waals surface area contributed by atoms with Crippen molar-refractivity contribution in [3.8, 4) is 0 Å². The predicted octanol–water partition coefficient (Wildman–Crippen LogP) is 1.98. The van der Waals surface area contributed by atoms with Crippen LogP contribution in [0.3, 0.4) is 0 Å². The van der Waals surface area contributed by atoms with Gasteiger partial charge in [0.15, 0.2) is 0 Å². The number of halogens is 3. The summed E-state index contributed by atoms with van der Waals surface area (Å²) in [5.74, 6) is -1.02. The molecule has 0 atom stereocenters. The largest absolute Gasteiger partial charge is 0.432 e. The van der Waals surface area contributed by atoms with Crippen LogP contribution in [0.25, 0.3) is 0 Å². The van der Waals surface area contributed by atoms with Gasteiger partial charge in [-0.05, 0) is 18.9 Å². The van der Waals surface area contributed by atoms with E-state index < -0.39 is 23.7 Å². The van der Waals surface area contributed by atoms with Crippen molar-refractivity contribution >= 4 is 18.5 Å². The quantitative estimate of drug-likeness (QED) is 0.668. The molecule has 1 aliphatic rings. The zero-order chi connectivity index (χ0) is 16.3. The van der Waals surface area contributed by atoms with Crippen LogP contribution in [0.15, 0.2) is 41.2 Å². The fourth-order valence-electron chi connectivity index (χ4n) is 2.05. The lowest BCUT2D eigenvalue weighted by molar-refractivity contribution is -0.0968. The molecule has 2 amide bonds. The maximum atomic E-state index is 12.6. The van der Waals surface area contributed by atoms with E-state index in [9.17, 15) is 22.8 Å². The first-order valence-electron chi connectivity index (χ1n) is 6.28. The molecule has 0 aliphatic carbocycles. The molecular formula is C14H12F3N3O2. The van der Waals surface area contributed by atoms with E-state index in [1.54, 1.807) is 12.1 Å². The number of fused-ring (bicyclic) bond motifs is 1. The van der Waals surface area contributed by atoms with Gasteiger partial charge in [-0.25, -0.2) is 0 Å². The van der Waals surface area contributed by atoms with Gasteiger partial charge < -0.3 is 5.32 Å². The number of aliphatic imine (C=N–C) groups is 1. The summed E-state index contributed by atoms with van der Waals surface area (Å²) in [5, 5.41) is 2.11. The Morgan fingerprint density at radius 2 is 1.77 bits per heavy atom. The second-order valence-corrected chi connectivity index (χ2v) is 4.46. The molecule has 116 valence electrons. The molecule has 1 aliphatic heterocycles. The maximum Gasteiger partial charge on any atom is 0.432 e. The monoisotopic (exact) mass is 311 g/mol. The van der Waals surface area contributed by atoms with E-state index in [2.05, 4.69) is 17.0 Å². The number of rotatable bonds is 5. The number of imide groups is 1. The first kappa shape index (κ1) is 15.7. The number of benzene rings is 1. The van der Waals surface area contributed by atoms with Crippen molar-refractivity contribution < 1.29 is 22.8 Å². The summed E-state index contributed by atoms with van der Waals surface area (Å²) < 4.78 is 37.8. The first-order chi connectivity index (χ1) is 10.4. The number of nitrogens with one attached hydrogen (secondary N) is 1. The van der Waals surface area contributed by atoms with Crippen molar-refractivity contribution in [3.05, 3.63) is 47.3 Å². The third-order valence-corrected chi connectivity index (χ3v) is 3.05. The van der Waals surface area contributed by atoms with Gasteiger partial charge in [0, 0.05) is 13.1 Å². The Hall–Kier alpha value is -2.64. The van der Waals surface area contributed by atoms with Gasteiger partial charge in [0.05, 0.1) is 17.3 Å². The highest BCUT2D eigenvalue weighted by molar-refractivity contribution is 6.21. The fourth-order valence-corrected chi connectivity index (χ4v) is 2.05. The van der Waals surface area contributed by atoms with Gasteiger partial charge in [-0.15, -0.1) is 0 Å². The molecule has 1 N–H and O–H groups in total. The molecule has 0 spiro atoms. The van der Waals surface area contributed by atoms with Gasteiger partial charge in [-0.2, -0.15) is 13.2 Å². The van der Waals surface area contributed by atoms with Crippen LogP contribution < -0.4 is 5.32 Å². The summed E-state index contributed by atoms with van der Waals surface area (Å²) >= 11 is 0. The summed E-state index contributed by atoms with van der Waals surface area (Å²) in [6, 6.07) is 6.25. The number of allylic oxidation sites excluding steroid dienone is 1. The number of hydrogen-bond donors (Lipinski definition) is 1. The minimum absolute atomic E-state index is 0.184. The zero-order valence-corrected chi connectivity index (χ0v) is 11.4. The Morgan fingerprint density at radius 3 is 2.23 bits per heavy atom. The molecular weight excluding hydrogens is 299 g/mol. The van der Waals surface area contributed by atoms with E-state index >= 15 is 0 Å². The van der Waals surface area contributed by atoms with Gasteiger partial charge in [-0.3, -0.25) is 19.5 Å². The van der Waals surface area contributed by atoms with Crippen molar-refractivity contribution in [2.24, 2.45) is 4.99 Å². The van der Waals surface area contributed by atoms with Crippen LogP contribution >= 0.6 is 0 Å². The van der Waals surface area contributed by atoms with Crippen LogP contribution in [0, 0.1) is 0 Å². The summed E-state index contributed by atoms with van der Waals surface area (Å²) in [7, 11) is 0. The van der Waals surface area contributed by atoms with Crippen molar-refractivity contribution in [2.75, 3.05) is 13.1 Å². The minimum Gasteiger partial charge on any atom is -0.378 e. The van der Waals surface area contributed by atoms with Crippen molar-refractivity contribution in [1.29, 1.82) is 0 Å². The van der Waals surface area contributed by atoms with Crippen LogP contribution in [0.2, 0.25) is 0 Å². The molecule has 0 radical (unpaired) electrons. The maximum absolute atomic E-state index is 12.6. The highest BCUT2D eigenvalue weighted by Crippen LogP contribution is 2.24. The topological polar surface area (TPSA) is 61.8 Å². The van der Waals surface area contributed by atoms with Crippen molar-refractivity contribution in [3.63, 3.8) is 0 Å². The molecule has 1 aromatic carbocycles. The molecule has 1 aromatic rings. The third kappa shape index (κ3) is 3.00. The van der Waals surface area contributed by atoms with Crippen LogP contribution in [0.1, 0.15) is 20.7 Å². The summed E-state index contributed by atoms with van der Waals surface area (Å²) in [6.07, 6.45) is -4.06.